The molecule has 0 saturated carbocycles. The van der Waals surface area contributed by atoms with Gasteiger partial charge in [-0.05, 0) is 24.1 Å². The number of carbonyl (C=O) groups excluding carboxylic acids is 1. The normalized spacial score (nSPS) is 10.1. The number of aryl methyl sites for hydroxylation is 1. The lowest BCUT2D eigenvalue weighted by Crippen LogP contribution is -1.94. The van der Waals surface area contributed by atoms with Crippen LogP contribution in [-0.2, 0) is 0 Å². The van der Waals surface area contributed by atoms with Gasteiger partial charge in [0.25, 0.3) is 0 Å². The van der Waals surface area contributed by atoms with E-state index in [0.717, 1.165) is 16.7 Å². The van der Waals surface area contributed by atoms with E-state index in [0.29, 0.717) is 5.56 Å². The molecule has 1 nitrogen and oxygen atoms in total. The molecule has 16 heavy (non-hydrogen) atoms. The van der Waals surface area contributed by atoms with E-state index in [-0.39, 0.29) is 5.12 Å². The Morgan fingerprint density at radius 2 is 1.75 bits per heavy atom. The quantitative estimate of drug-likeness (QED) is 0.775. The average molecular weight is 228 g/mol. The Kier molecular flexibility index (Phi) is 3.11. The highest BCUT2D eigenvalue weighted by Gasteiger charge is 2.09. The third-order valence-corrected chi connectivity index (χ3v) is 2.73. The lowest BCUT2D eigenvalue weighted by Gasteiger charge is -2.07. The summed E-state index contributed by atoms with van der Waals surface area (Å²) in [4.78, 5) is 11.4. The second-order valence-electron chi connectivity index (χ2n) is 3.72. The number of carbonyl (C=O) groups is 1. The summed E-state index contributed by atoms with van der Waals surface area (Å²) >= 11 is 3.90. The zero-order chi connectivity index (χ0) is 11.5. The largest absolute Gasteiger partial charge is 0.282 e. The van der Waals surface area contributed by atoms with Gasteiger partial charge in [-0.2, -0.15) is 0 Å². The molecule has 80 valence electrons. The van der Waals surface area contributed by atoms with Gasteiger partial charge in [0.1, 0.15) is 0 Å². The first-order valence-corrected chi connectivity index (χ1v) is 5.52. The number of hydrogen-bond acceptors (Lipinski definition) is 1. The first-order valence-electron chi connectivity index (χ1n) is 5.08. The Labute approximate surface area is 101 Å². The predicted octanol–water partition coefficient (Wildman–Crippen LogP) is 3.73. The highest BCUT2D eigenvalue weighted by molar-refractivity contribution is 7.97. The summed E-state index contributed by atoms with van der Waals surface area (Å²) in [6.07, 6.45) is 0. The van der Waals surface area contributed by atoms with Crippen molar-refractivity contribution in [1.29, 1.82) is 0 Å². The number of thiol groups is 1. The number of benzene rings is 2. The molecular formula is C14H12OS. The van der Waals surface area contributed by atoms with Gasteiger partial charge in [-0.1, -0.05) is 48.0 Å². The molecule has 0 aliphatic rings. The molecule has 0 fully saturated rings. The third-order valence-electron chi connectivity index (χ3n) is 2.49. The molecule has 2 aromatic carbocycles. The van der Waals surface area contributed by atoms with E-state index in [4.69, 9.17) is 0 Å². The van der Waals surface area contributed by atoms with Crippen LogP contribution >= 0.6 is 12.6 Å². The van der Waals surface area contributed by atoms with Crippen molar-refractivity contribution in [3.8, 4) is 11.1 Å². The van der Waals surface area contributed by atoms with E-state index in [1.807, 2.05) is 55.5 Å². The van der Waals surface area contributed by atoms with Gasteiger partial charge in [0.2, 0.25) is 5.12 Å². The minimum Gasteiger partial charge on any atom is -0.282 e. The van der Waals surface area contributed by atoms with Gasteiger partial charge in [0.05, 0.1) is 0 Å². The highest BCUT2D eigenvalue weighted by atomic mass is 32.1. The van der Waals surface area contributed by atoms with Crippen LogP contribution < -0.4 is 0 Å². The van der Waals surface area contributed by atoms with Crippen LogP contribution in [0.2, 0.25) is 0 Å². The van der Waals surface area contributed by atoms with Crippen molar-refractivity contribution < 1.29 is 4.79 Å². The maximum absolute atomic E-state index is 11.4. The molecule has 2 heteroatoms. The summed E-state index contributed by atoms with van der Waals surface area (Å²) in [5, 5.41) is -0.196. The summed E-state index contributed by atoms with van der Waals surface area (Å²) in [7, 11) is 0. The van der Waals surface area contributed by atoms with E-state index >= 15 is 0 Å². The van der Waals surface area contributed by atoms with E-state index in [9.17, 15) is 4.79 Å². The van der Waals surface area contributed by atoms with Crippen molar-refractivity contribution in [1.82, 2.24) is 0 Å². The Hall–Kier alpha value is -1.54. The molecule has 0 bridgehead atoms. The Bertz CT molecular complexity index is 518. The lowest BCUT2D eigenvalue weighted by molar-refractivity contribution is 0.109. The minimum atomic E-state index is -0.196. The molecule has 0 spiro atoms. The second-order valence-corrected chi connectivity index (χ2v) is 4.13. The molecule has 2 rings (SSSR count). The fourth-order valence-corrected chi connectivity index (χ4v) is 1.90. The van der Waals surface area contributed by atoms with Crippen molar-refractivity contribution in [3.05, 3.63) is 59.7 Å². The molecule has 2 aromatic rings. The smallest absolute Gasteiger partial charge is 0.216 e. The van der Waals surface area contributed by atoms with Crippen molar-refractivity contribution in [2.24, 2.45) is 0 Å². The maximum Gasteiger partial charge on any atom is 0.216 e. The van der Waals surface area contributed by atoms with Crippen LogP contribution in [0.15, 0.2) is 48.5 Å². The molecule has 0 saturated heterocycles. The molecule has 0 amide bonds. The number of rotatable bonds is 2. The SMILES string of the molecule is Cc1ccc(C(=O)S)c(-c2ccccc2)c1. The standard InChI is InChI=1S/C14H12OS/c1-10-7-8-12(14(15)16)13(9-10)11-5-3-2-4-6-11/h2-9H,1H3,(H,15,16). The molecular weight excluding hydrogens is 216 g/mol. The van der Waals surface area contributed by atoms with Gasteiger partial charge in [-0.25, -0.2) is 0 Å². The van der Waals surface area contributed by atoms with Crippen LogP contribution in [0.25, 0.3) is 11.1 Å². The highest BCUT2D eigenvalue weighted by Crippen LogP contribution is 2.25. The fraction of sp³-hybridized carbons (Fsp3) is 0.0714. The molecule has 0 N–H and O–H groups in total. The Morgan fingerprint density at radius 1 is 1.06 bits per heavy atom. The van der Waals surface area contributed by atoms with Gasteiger partial charge in [-0.3, -0.25) is 4.79 Å². The van der Waals surface area contributed by atoms with Gasteiger partial charge in [0, 0.05) is 5.56 Å². The van der Waals surface area contributed by atoms with Crippen molar-refractivity contribution in [3.63, 3.8) is 0 Å². The molecule has 0 aromatic heterocycles. The predicted molar refractivity (Wildman–Crippen MR) is 69.9 cm³/mol. The third kappa shape index (κ3) is 2.17. The monoisotopic (exact) mass is 228 g/mol. The first kappa shape index (κ1) is 11.0. The Balaban J connectivity index is 2.63. The average Bonchev–Trinajstić information content (AvgIpc) is 2.29. The van der Waals surface area contributed by atoms with Crippen LogP contribution in [0.1, 0.15) is 15.9 Å². The second kappa shape index (κ2) is 4.54. The summed E-state index contributed by atoms with van der Waals surface area (Å²) in [5.74, 6) is 0. The van der Waals surface area contributed by atoms with Crippen LogP contribution in [0, 0.1) is 6.92 Å². The maximum atomic E-state index is 11.4. The van der Waals surface area contributed by atoms with Crippen LogP contribution in [0.3, 0.4) is 0 Å². The summed E-state index contributed by atoms with van der Waals surface area (Å²) in [6.45, 7) is 2.01. The first-order chi connectivity index (χ1) is 7.68. The molecule has 0 aliphatic heterocycles. The lowest BCUT2D eigenvalue weighted by atomic mass is 9.98. The van der Waals surface area contributed by atoms with Gasteiger partial charge in [0.15, 0.2) is 0 Å². The summed E-state index contributed by atoms with van der Waals surface area (Å²) < 4.78 is 0. The van der Waals surface area contributed by atoms with E-state index in [1.54, 1.807) is 0 Å². The van der Waals surface area contributed by atoms with Crippen LogP contribution in [0.5, 0.6) is 0 Å². The van der Waals surface area contributed by atoms with Crippen molar-refractivity contribution >= 4 is 17.7 Å². The zero-order valence-corrected chi connectivity index (χ0v) is 9.87. The van der Waals surface area contributed by atoms with E-state index in [2.05, 4.69) is 12.6 Å². The topological polar surface area (TPSA) is 17.1 Å². The van der Waals surface area contributed by atoms with E-state index in [1.165, 1.54) is 0 Å². The zero-order valence-electron chi connectivity index (χ0n) is 8.97. The minimum absolute atomic E-state index is 0.196. The number of hydrogen-bond donors (Lipinski definition) is 1. The summed E-state index contributed by atoms with van der Waals surface area (Å²) in [6, 6.07) is 15.6. The Morgan fingerprint density at radius 3 is 2.38 bits per heavy atom. The van der Waals surface area contributed by atoms with Crippen LogP contribution in [-0.4, -0.2) is 5.12 Å². The van der Waals surface area contributed by atoms with Crippen molar-refractivity contribution in [2.45, 2.75) is 6.92 Å². The fourth-order valence-electron chi connectivity index (χ4n) is 1.70. The van der Waals surface area contributed by atoms with Crippen LogP contribution in [0.4, 0.5) is 0 Å². The molecule has 0 heterocycles. The molecule has 0 radical (unpaired) electrons. The van der Waals surface area contributed by atoms with Gasteiger partial charge in [-0.15, -0.1) is 12.6 Å². The molecule has 0 atom stereocenters. The molecule has 0 unspecified atom stereocenters. The van der Waals surface area contributed by atoms with Gasteiger partial charge < -0.3 is 0 Å². The van der Waals surface area contributed by atoms with Gasteiger partial charge >= 0.3 is 0 Å². The van der Waals surface area contributed by atoms with E-state index < -0.39 is 0 Å². The van der Waals surface area contributed by atoms with Crippen molar-refractivity contribution in [2.75, 3.05) is 0 Å². The molecule has 0 aliphatic carbocycles. The summed E-state index contributed by atoms with van der Waals surface area (Å²) in [5.41, 5.74) is 3.78.